The molecule has 0 radical (unpaired) electrons. The number of aryl methyl sites for hydroxylation is 1. The van der Waals surface area contributed by atoms with Crippen molar-refractivity contribution in [2.75, 3.05) is 13.1 Å². The Kier molecular flexibility index (Phi) is 9.66. The number of hydrogen-bond acceptors (Lipinski definition) is 5. The average molecular weight is 502 g/mol. The second-order valence-electron chi connectivity index (χ2n) is 6.90. The molecule has 0 fully saturated rings. The van der Waals surface area contributed by atoms with Crippen LogP contribution in [0.2, 0.25) is 0 Å². The van der Waals surface area contributed by atoms with Crippen molar-refractivity contribution in [2.45, 2.75) is 45.9 Å². The van der Waals surface area contributed by atoms with Crippen LogP contribution >= 0.6 is 24.0 Å². The molecule has 0 bridgehead atoms. The van der Waals surface area contributed by atoms with Crippen LogP contribution in [0.4, 0.5) is 0 Å². The molecular formula is C19H31IN6O2. The first kappa shape index (κ1) is 24.2. The molecule has 0 aliphatic rings. The number of aliphatic hydroxyl groups is 1. The molecule has 0 aliphatic carbocycles. The molecule has 2 heterocycles. The molecule has 1 unspecified atom stereocenters. The summed E-state index contributed by atoms with van der Waals surface area (Å²) >= 11 is 0. The van der Waals surface area contributed by atoms with Gasteiger partial charge in [-0.2, -0.15) is 5.10 Å². The predicted octanol–water partition coefficient (Wildman–Crippen LogP) is 2.18. The lowest BCUT2D eigenvalue weighted by molar-refractivity contribution is 0.0616. The Labute approximate surface area is 183 Å². The molecule has 1 atom stereocenters. The highest BCUT2D eigenvalue weighted by Gasteiger charge is 2.24. The van der Waals surface area contributed by atoms with Gasteiger partial charge in [0.1, 0.15) is 5.60 Å². The fourth-order valence-corrected chi connectivity index (χ4v) is 2.38. The number of nitrogens with zero attached hydrogens (tertiary/aromatic N) is 4. The third kappa shape index (κ3) is 7.63. The van der Waals surface area contributed by atoms with E-state index in [9.17, 15) is 5.11 Å². The van der Waals surface area contributed by atoms with Crippen molar-refractivity contribution in [3.63, 3.8) is 0 Å². The number of guanidine groups is 1. The Morgan fingerprint density at radius 3 is 2.61 bits per heavy atom. The molecule has 2 aromatic rings. The van der Waals surface area contributed by atoms with Crippen molar-refractivity contribution in [1.82, 2.24) is 25.4 Å². The number of rotatable bonds is 8. The van der Waals surface area contributed by atoms with E-state index in [1.807, 2.05) is 40.0 Å². The van der Waals surface area contributed by atoms with E-state index in [-0.39, 0.29) is 30.1 Å². The SMILES string of the molecule is CCNC(=NCc1ccc(OC(C)C)nc1)NCC(C)(O)c1cnn(C)c1.I. The van der Waals surface area contributed by atoms with Crippen molar-refractivity contribution in [2.24, 2.45) is 12.0 Å². The number of nitrogens with one attached hydrogen (secondary N) is 2. The third-order valence-electron chi connectivity index (χ3n) is 3.84. The Morgan fingerprint density at radius 1 is 1.32 bits per heavy atom. The molecule has 28 heavy (non-hydrogen) atoms. The number of aliphatic imine (C=N–C) groups is 1. The van der Waals surface area contributed by atoms with Gasteiger partial charge in [-0.1, -0.05) is 6.07 Å². The number of pyridine rings is 1. The molecule has 9 heteroatoms. The van der Waals surface area contributed by atoms with E-state index in [2.05, 4.69) is 25.7 Å². The van der Waals surface area contributed by atoms with E-state index in [0.29, 0.717) is 24.9 Å². The molecule has 2 rings (SSSR count). The summed E-state index contributed by atoms with van der Waals surface area (Å²) in [6.07, 6.45) is 5.33. The summed E-state index contributed by atoms with van der Waals surface area (Å²) in [5.41, 5.74) is 0.669. The van der Waals surface area contributed by atoms with Gasteiger partial charge in [0.2, 0.25) is 5.88 Å². The molecule has 156 valence electrons. The zero-order chi connectivity index (χ0) is 19.9. The molecule has 0 saturated heterocycles. The molecular weight excluding hydrogens is 471 g/mol. The quantitative estimate of drug-likeness (QED) is 0.291. The van der Waals surface area contributed by atoms with Gasteiger partial charge in [-0.3, -0.25) is 4.68 Å². The minimum absolute atomic E-state index is 0. The van der Waals surface area contributed by atoms with Gasteiger partial charge in [-0.25, -0.2) is 9.98 Å². The number of hydrogen-bond donors (Lipinski definition) is 3. The van der Waals surface area contributed by atoms with Crippen LogP contribution in [-0.2, 0) is 19.2 Å². The van der Waals surface area contributed by atoms with Crippen LogP contribution in [0.3, 0.4) is 0 Å². The van der Waals surface area contributed by atoms with Crippen molar-refractivity contribution in [1.29, 1.82) is 0 Å². The largest absolute Gasteiger partial charge is 0.475 e. The highest BCUT2D eigenvalue weighted by atomic mass is 127. The molecule has 0 saturated carbocycles. The zero-order valence-corrected chi connectivity index (χ0v) is 19.5. The van der Waals surface area contributed by atoms with Gasteiger partial charge in [-0.05, 0) is 33.3 Å². The van der Waals surface area contributed by atoms with Crippen LogP contribution in [-0.4, -0.2) is 45.0 Å². The highest BCUT2D eigenvalue weighted by molar-refractivity contribution is 14.0. The first-order valence-electron chi connectivity index (χ1n) is 9.15. The summed E-state index contributed by atoms with van der Waals surface area (Å²) in [4.78, 5) is 8.85. The lowest BCUT2D eigenvalue weighted by atomic mass is 10.00. The first-order valence-corrected chi connectivity index (χ1v) is 9.15. The summed E-state index contributed by atoms with van der Waals surface area (Å²) in [7, 11) is 1.82. The second kappa shape index (κ2) is 11.2. The lowest BCUT2D eigenvalue weighted by Gasteiger charge is -2.23. The maximum Gasteiger partial charge on any atom is 0.213 e. The topological polar surface area (TPSA) is 96.6 Å². The van der Waals surface area contributed by atoms with Crippen LogP contribution in [0.5, 0.6) is 5.88 Å². The van der Waals surface area contributed by atoms with Crippen LogP contribution in [0, 0.1) is 0 Å². The highest BCUT2D eigenvalue weighted by Crippen LogP contribution is 2.18. The van der Waals surface area contributed by atoms with Gasteiger partial charge < -0.3 is 20.5 Å². The van der Waals surface area contributed by atoms with E-state index in [1.165, 1.54) is 0 Å². The Bertz CT molecular complexity index is 743. The van der Waals surface area contributed by atoms with E-state index in [0.717, 1.165) is 17.7 Å². The fraction of sp³-hybridized carbons (Fsp3) is 0.526. The van der Waals surface area contributed by atoms with Gasteiger partial charge >= 0.3 is 0 Å². The summed E-state index contributed by atoms with van der Waals surface area (Å²) in [6, 6.07) is 3.79. The van der Waals surface area contributed by atoms with Crippen LogP contribution < -0.4 is 15.4 Å². The number of ether oxygens (including phenoxy) is 1. The smallest absolute Gasteiger partial charge is 0.213 e. The minimum atomic E-state index is -1.05. The van der Waals surface area contributed by atoms with E-state index < -0.39 is 5.60 Å². The van der Waals surface area contributed by atoms with Crippen LogP contribution in [0.25, 0.3) is 0 Å². The van der Waals surface area contributed by atoms with E-state index in [4.69, 9.17) is 4.74 Å². The monoisotopic (exact) mass is 502 g/mol. The fourth-order valence-electron chi connectivity index (χ4n) is 2.38. The van der Waals surface area contributed by atoms with Crippen molar-refractivity contribution in [3.8, 4) is 5.88 Å². The average Bonchev–Trinajstić information content (AvgIpc) is 3.06. The van der Waals surface area contributed by atoms with Gasteiger partial charge in [0.15, 0.2) is 5.96 Å². The van der Waals surface area contributed by atoms with Crippen molar-refractivity contribution in [3.05, 3.63) is 41.9 Å². The minimum Gasteiger partial charge on any atom is -0.475 e. The van der Waals surface area contributed by atoms with E-state index in [1.54, 1.807) is 30.2 Å². The first-order chi connectivity index (χ1) is 12.8. The second-order valence-corrected chi connectivity index (χ2v) is 6.90. The Morgan fingerprint density at radius 2 is 2.07 bits per heavy atom. The molecule has 0 amide bonds. The lowest BCUT2D eigenvalue weighted by Crippen LogP contribution is -2.44. The maximum absolute atomic E-state index is 10.7. The molecule has 0 spiro atoms. The molecule has 2 aromatic heterocycles. The van der Waals surface area contributed by atoms with E-state index >= 15 is 0 Å². The molecule has 0 aromatic carbocycles. The normalized spacial score (nSPS) is 13.6. The van der Waals surface area contributed by atoms with Crippen LogP contribution in [0.15, 0.2) is 35.7 Å². The van der Waals surface area contributed by atoms with Gasteiger partial charge in [0, 0.05) is 37.6 Å². The number of aromatic nitrogens is 3. The summed E-state index contributed by atoms with van der Waals surface area (Å²) in [5, 5.41) is 21.2. The zero-order valence-electron chi connectivity index (χ0n) is 17.1. The van der Waals surface area contributed by atoms with Crippen molar-refractivity contribution < 1.29 is 9.84 Å². The summed E-state index contributed by atoms with van der Waals surface area (Å²) < 4.78 is 7.22. The third-order valence-corrected chi connectivity index (χ3v) is 3.84. The molecule has 3 N–H and O–H groups in total. The van der Waals surface area contributed by atoms with Gasteiger partial charge in [0.25, 0.3) is 0 Å². The standard InChI is InChI=1S/C19H30N6O2.HI/c1-6-20-18(23-13-19(4,26)16-11-24-25(5)12-16)22-10-15-7-8-17(21-9-15)27-14(2)3;/h7-9,11-12,14,26H,6,10,13H2,1-5H3,(H2,20,22,23);1H. The van der Waals surface area contributed by atoms with Crippen LogP contribution in [0.1, 0.15) is 38.8 Å². The molecule has 8 nitrogen and oxygen atoms in total. The van der Waals surface area contributed by atoms with Gasteiger partial charge in [0.05, 0.1) is 25.4 Å². The molecule has 0 aliphatic heterocycles. The Hall–Kier alpha value is -1.88. The summed E-state index contributed by atoms with van der Waals surface area (Å²) in [5.74, 6) is 1.24. The summed E-state index contributed by atoms with van der Waals surface area (Å²) in [6.45, 7) is 9.18. The Balaban J connectivity index is 0.00000392. The number of halogens is 1. The van der Waals surface area contributed by atoms with Gasteiger partial charge in [-0.15, -0.1) is 24.0 Å². The maximum atomic E-state index is 10.7. The predicted molar refractivity (Wildman–Crippen MR) is 121 cm³/mol. The van der Waals surface area contributed by atoms with Crippen molar-refractivity contribution >= 4 is 29.9 Å².